The van der Waals surface area contributed by atoms with Crippen LogP contribution in [-0.4, -0.2) is 36.3 Å². The third kappa shape index (κ3) is 3.96. The van der Waals surface area contributed by atoms with Gasteiger partial charge in [0.1, 0.15) is 35.7 Å². The van der Waals surface area contributed by atoms with E-state index in [-0.39, 0.29) is 11.8 Å². The summed E-state index contributed by atoms with van der Waals surface area (Å²) in [6, 6.07) is 12.9. The van der Waals surface area contributed by atoms with Crippen LogP contribution >= 0.6 is 0 Å². The summed E-state index contributed by atoms with van der Waals surface area (Å²) in [6.45, 7) is 0.345. The van der Waals surface area contributed by atoms with Gasteiger partial charge >= 0.3 is 0 Å². The van der Waals surface area contributed by atoms with E-state index in [1.54, 1.807) is 26.5 Å². The second-order valence-corrected chi connectivity index (χ2v) is 7.30. The molecule has 1 aromatic heterocycles. The van der Waals surface area contributed by atoms with Gasteiger partial charge in [-0.2, -0.15) is 0 Å². The van der Waals surface area contributed by atoms with Crippen molar-refractivity contribution in [3.05, 3.63) is 71.8 Å². The number of nitrogens with one attached hydrogen (secondary N) is 1. The molecule has 0 aliphatic carbocycles. The fraction of sp³-hybridized carbons (Fsp3) is 0.304. The van der Waals surface area contributed by atoms with Crippen LogP contribution in [0.4, 0.5) is 0 Å². The first-order valence-electron chi connectivity index (χ1n) is 9.80. The predicted molar refractivity (Wildman–Crippen MR) is 112 cm³/mol. The fourth-order valence-corrected chi connectivity index (χ4v) is 3.70. The molecule has 2 atom stereocenters. The molecule has 1 aliphatic rings. The van der Waals surface area contributed by atoms with Crippen LogP contribution in [0.3, 0.4) is 0 Å². The van der Waals surface area contributed by atoms with Crippen LogP contribution in [0.1, 0.15) is 23.0 Å². The van der Waals surface area contributed by atoms with Gasteiger partial charge in [0, 0.05) is 25.5 Å². The zero-order valence-corrected chi connectivity index (χ0v) is 17.3. The summed E-state index contributed by atoms with van der Waals surface area (Å²) >= 11 is 0. The van der Waals surface area contributed by atoms with Gasteiger partial charge in [0.2, 0.25) is 5.91 Å². The number of aromatic nitrogens is 2. The third-order valence-electron chi connectivity index (χ3n) is 5.36. The van der Waals surface area contributed by atoms with E-state index in [1.165, 1.54) is 0 Å². The second kappa shape index (κ2) is 8.49. The Labute approximate surface area is 175 Å². The molecule has 7 nitrogen and oxygen atoms in total. The number of carbonyl (C=O) groups is 1. The van der Waals surface area contributed by atoms with E-state index in [0.29, 0.717) is 24.5 Å². The molecule has 3 aromatic rings. The molecule has 0 saturated heterocycles. The third-order valence-corrected chi connectivity index (χ3v) is 5.36. The Morgan fingerprint density at radius 3 is 2.60 bits per heavy atom. The number of rotatable bonds is 6. The van der Waals surface area contributed by atoms with Gasteiger partial charge in [0.15, 0.2) is 0 Å². The number of methoxy groups -OCH3 is 2. The lowest BCUT2D eigenvalue weighted by Gasteiger charge is -2.27. The molecule has 7 heteroatoms. The highest BCUT2D eigenvalue weighted by Crippen LogP contribution is 2.31. The molecule has 156 valence electrons. The molecule has 0 unspecified atom stereocenters. The molecular weight excluding hydrogens is 382 g/mol. The topological polar surface area (TPSA) is 74.6 Å². The number of aryl methyl sites for hydroxylation is 1. The average Bonchev–Trinajstić information content (AvgIpc) is 3.21. The zero-order chi connectivity index (χ0) is 21.1. The van der Waals surface area contributed by atoms with E-state index in [1.807, 2.05) is 54.2 Å². The van der Waals surface area contributed by atoms with Gasteiger partial charge in [-0.15, -0.1) is 0 Å². The lowest BCUT2D eigenvalue weighted by Crippen LogP contribution is -2.40. The smallest absolute Gasteiger partial charge is 0.227 e. The monoisotopic (exact) mass is 407 g/mol. The number of ether oxygens (including phenoxy) is 3. The van der Waals surface area contributed by atoms with Crippen molar-refractivity contribution in [2.45, 2.75) is 12.5 Å². The number of hydrogen-bond acceptors (Lipinski definition) is 5. The Morgan fingerprint density at radius 2 is 1.93 bits per heavy atom. The SMILES string of the molecule is COc1cc(OC)cc([C@@H](NC(=O)[C@@H]2COc3ccccc3C2)c2nccn2C)c1. The van der Waals surface area contributed by atoms with Gasteiger partial charge in [-0.05, 0) is 35.7 Å². The first kappa shape index (κ1) is 19.8. The summed E-state index contributed by atoms with van der Waals surface area (Å²) in [4.78, 5) is 17.7. The van der Waals surface area contributed by atoms with Crippen LogP contribution in [-0.2, 0) is 18.3 Å². The van der Waals surface area contributed by atoms with Crippen molar-refractivity contribution in [3.8, 4) is 17.2 Å². The molecule has 0 fully saturated rings. The molecule has 2 aromatic carbocycles. The largest absolute Gasteiger partial charge is 0.497 e. The molecule has 0 saturated carbocycles. The van der Waals surface area contributed by atoms with E-state index in [2.05, 4.69) is 10.3 Å². The number of nitrogens with zero attached hydrogens (tertiary/aromatic N) is 2. The molecular formula is C23H25N3O4. The van der Waals surface area contributed by atoms with Crippen LogP contribution in [0.5, 0.6) is 17.2 Å². The summed E-state index contributed by atoms with van der Waals surface area (Å²) in [5.41, 5.74) is 1.87. The molecule has 1 amide bonds. The van der Waals surface area contributed by atoms with Gasteiger partial charge in [-0.3, -0.25) is 4.79 Å². The number of fused-ring (bicyclic) bond motifs is 1. The first-order valence-corrected chi connectivity index (χ1v) is 9.80. The quantitative estimate of drug-likeness (QED) is 0.680. The normalized spacial score (nSPS) is 16.2. The number of hydrogen-bond donors (Lipinski definition) is 1. The summed E-state index contributed by atoms with van der Waals surface area (Å²) in [5, 5.41) is 3.17. The van der Waals surface area contributed by atoms with Gasteiger partial charge in [0.25, 0.3) is 0 Å². The van der Waals surface area contributed by atoms with Crippen LogP contribution in [0.25, 0.3) is 0 Å². The molecule has 0 spiro atoms. The molecule has 1 N–H and O–H groups in total. The number of benzene rings is 2. The number of imidazole rings is 1. The molecule has 4 rings (SSSR count). The predicted octanol–water partition coefficient (Wildman–Crippen LogP) is 2.89. The number of para-hydroxylation sites is 1. The summed E-state index contributed by atoms with van der Waals surface area (Å²) in [6.07, 6.45) is 4.20. The summed E-state index contributed by atoms with van der Waals surface area (Å²) in [5.74, 6) is 2.49. The minimum atomic E-state index is -0.460. The highest BCUT2D eigenvalue weighted by atomic mass is 16.5. The standard InChI is InChI=1S/C23H25N3O4/c1-26-9-8-24-22(26)21(16-11-18(28-2)13-19(12-16)29-3)25-23(27)17-10-15-6-4-5-7-20(15)30-14-17/h4-9,11-13,17,21H,10,14H2,1-3H3,(H,25,27)/t17-,21+/m0/s1. The molecule has 0 radical (unpaired) electrons. The fourth-order valence-electron chi connectivity index (χ4n) is 3.70. The second-order valence-electron chi connectivity index (χ2n) is 7.30. The number of carbonyl (C=O) groups excluding carboxylic acids is 1. The minimum Gasteiger partial charge on any atom is -0.497 e. The maximum absolute atomic E-state index is 13.2. The van der Waals surface area contributed by atoms with E-state index < -0.39 is 6.04 Å². The summed E-state index contributed by atoms with van der Waals surface area (Å²) < 4.78 is 18.5. The summed E-state index contributed by atoms with van der Waals surface area (Å²) in [7, 11) is 5.10. The van der Waals surface area contributed by atoms with Crippen molar-refractivity contribution in [2.75, 3.05) is 20.8 Å². The van der Waals surface area contributed by atoms with Crippen LogP contribution in [0.15, 0.2) is 54.9 Å². The van der Waals surface area contributed by atoms with Crippen molar-refractivity contribution >= 4 is 5.91 Å². The van der Waals surface area contributed by atoms with Crippen molar-refractivity contribution in [1.82, 2.24) is 14.9 Å². The lowest BCUT2D eigenvalue weighted by molar-refractivity contribution is -0.126. The lowest BCUT2D eigenvalue weighted by atomic mass is 9.95. The molecule has 0 bridgehead atoms. The van der Waals surface area contributed by atoms with Crippen LogP contribution < -0.4 is 19.5 Å². The first-order chi connectivity index (χ1) is 14.6. The van der Waals surface area contributed by atoms with Crippen LogP contribution in [0.2, 0.25) is 0 Å². The average molecular weight is 407 g/mol. The van der Waals surface area contributed by atoms with Gasteiger partial charge in [0.05, 0.1) is 20.1 Å². The van der Waals surface area contributed by atoms with Gasteiger partial charge in [-0.1, -0.05) is 18.2 Å². The molecule has 2 heterocycles. The molecule has 1 aliphatic heterocycles. The Bertz CT molecular complexity index is 1020. The van der Waals surface area contributed by atoms with Crippen molar-refractivity contribution in [1.29, 1.82) is 0 Å². The van der Waals surface area contributed by atoms with E-state index in [9.17, 15) is 4.79 Å². The van der Waals surface area contributed by atoms with Crippen molar-refractivity contribution < 1.29 is 19.0 Å². The van der Waals surface area contributed by atoms with Gasteiger partial charge in [-0.25, -0.2) is 4.98 Å². The Balaban J connectivity index is 1.63. The van der Waals surface area contributed by atoms with E-state index >= 15 is 0 Å². The zero-order valence-electron chi connectivity index (χ0n) is 17.3. The molecule has 30 heavy (non-hydrogen) atoms. The van der Waals surface area contributed by atoms with Crippen molar-refractivity contribution in [2.24, 2.45) is 13.0 Å². The maximum atomic E-state index is 13.2. The van der Waals surface area contributed by atoms with Gasteiger partial charge < -0.3 is 24.1 Å². The van der Waals surface area contributed by atoms with Crippen LogP contribution in [0, 0.1) is 5.92 Å². The van der Waals surface area contributed by atoms with E-state index in [0.717, 1.165) is 22.7 Å². The number of amides is 1. The Hall–Kier alpha value is -3.48. The highest BCUT2D eigenvalue weighted by molar-refractivity contribution is 5.80. The maximum Gasteiger partial charge on any atom is 0.227 e. The highest BCUT2D eigenvalue weighted by Gasteiger charge is 2.30. The van der Waals surface area contributed by atoms with Crippen molar-refractivity contribution in [3.63, 3.8) is 0 Å². The Kier molecular flexibility index (Phi) is 5.61. The van der Waals surface area contributed by atoms with E-state index in [4.69, 9.17) is 14.2 Å². The Morgan fingerprint density at radius 1 is 1.20 bits per heavy atom. The minimum absolute atomic E-state index is 0.0840.